The Labute approximate surface area is 443 Å². The van der Waals surface area contributed by atoms with Gasteiger partial charge in [0.25, 0.3) is 0 Å². The minimum absolute atomic E-state index is 0.0784. The molecule has 412 valence electrons. The first-order chi connectivity index (χ1) is 35.2. The molecule has 0 heterocycles. The third-order valence-electron chi connectivity index (χ3n) is 14.1. The molecule has 0 aliphatic carbocycles. The van der Waals surface area contributed by atoms with Gasteiger partial charge >= 0.3 is 0 Å². The van der Waals surface area contributed by atoms with E-state index in [1.807, 2.05) is 6.08 Å². The monoisotopic (exact) mass is 988 g/mol. The standard InChI is InChI=1S/C67H121NO3/c1-3-5-7-9-11-13-15-17-19-21-23-25-27-29-31-32-33-34-35-37-38-40-42-44-46-48-50-52-54-56-58-60-62-66(70)65(64-69)68-67(71)63-61-59-57-55-53-51-49-47-45-43-41-39-36-30-28-26-24-22-20-18-16-14-12-10-8-6-4-2/h6,8,12,14,18,20,24,26,44,46,52,54,60,62,65-66,69-70H,3-5,7,9-11,13,15-17,19,21-23,25,27-43,45,47-51,53,55-59,61,63-64H2,1-2H3,(H,68,71)/b8-6-,14-12-,20-18-,26-24-,46-44+,54-52+,62-60+. The molecule has 0 aromatic carbocycles. The van der Waals surface area contributed by atoms with Crippen LogP contribution in [0.1, 0.15) is 316 Å². The molecule has 0 rings (SSSR count). The van der Waals surface area contributed by atoms with E-state index >= 15 is 0 Å². The zero-order valence-corrected chi connectivity index (χ0v) is 47.5. The number of carbonyl (C=O) groups excluding carboxylic acids is 1. The van der Waals surface area contributed by atoms with Gasteiger partial charge in [0, 0.05) is 6.42 Å². The third kappa shape index (κ3) is 58.3. The largest absolute Gasteiger partial charge is 0.394 e. The van der Waals surface area contributed by atoms with Crippen LogP contribution >= 0.6 is 0 Å². The highest BCUT2D eigenvalue weighted by Gasteiger charge is 2.18. The number of aliphatic hydroxyl groups is 2. The van der Waals surface area contributed by atoms with Crippen LogP contribution in [-0.4, -0.2) is 34.9 Å². The highest BCUT2D eigenvalue weighted by atomic mass is 16.3. The fourth-order valence-electron chi connectivity index (χ4n) is 9.38. The number of allylic oxidation sites excluding steroid dienone is 13. The SMILES string of the molecule is CC/C=C\C/C=C\C/C=C\C/C=C\CCCCCCCCCCCCCCCCC(=O)NC(CO)C(O)/C=C/CC/C=C/CC/C=C/CCCCCCCCCCCCCCCCCCCCCCCC. The van der Waals surface area contributed by atoms with Gasteiger partial charge in [0.2, 0.25) is 5.91 Å². The molecule has 0 saturated carbocycles. The lowest BCUT2D eigenvalue weighted by Gasteiger charge is -2.19. The molecule has 2 unspecified atom stereocenters. The maximum Gasteiger partial charge on any atom is 0.220 e. The molecular weight excluding hydrogens is 867 g/mol. The molecule has 0 fully saturated rings. The van der Waals surface area contributed by atoms with Crippen molar-refractivity contribution in [3.63, 3.8) is 0 Å². The Bertz CT molecular complexity index is 1260. The second kappa shape index (κ2) is 61.9. The van der Waals surface area contributed by atoms with Crippen LogP contribution in [0.15, 0.2) is 85.1 Å². The first-order valence-corrected chi connectivity index (χ1v) is 31.3. The average molecular weight is 989 g/mol. The molecule has 0 aliphatic rings. The average Bonchev–Trinajstić information content (AvgIpc) is 3.37. The molecule has 0 spiro atoms. The van der Waals surface area contributed by atoms with Gasteiger partial charge in [-0.1, -0.05) is 311 Å². The minimum atomic E-state index is -0.876. The zero-order chi connectivity index (χ0) is 51.3. The summed E-state index contributed by atoms with van der Waals surface area (Å²) in [5.74, 6) is -0.0784. The summed E-state index contributed by atoms with van der Waals surface area (Å²) < 4.78 is 0. The van der Waals surface area contributed by atoms with Crippen LogP contribution in [0.3, 0.4) is 0 Å². The van der Waals surface area contributed by atoms with Crippen molar-refractivity contribution in [2.45, 2.75) is 328 Å². The van der Waals surface area contributed by atoms with E-state index in [1.165, 1.54) is 231 Å². The zero-order valence-electron chi connectivity index (χ0n) is 47.5. The maximum atomic E-state index is 12.5. The summed E-state index contributed by atoms with van der Waals surface area (Å²) in [5, 5.41) is 23.2. The Morgan fingerprint density at radius 1 is 0.352 bits per heavy atom. The molecule has 1 amide bonds. The van der Waals surface area contributed by atoms with Gasteiger partial charge in [-0.05, 0) is 83.5 Å². The number of rotatable bonds is 57. The van der Waals surface area contributed by atoms with Gasteiger partial charge in [-0.15, -0.1) is 0 Å². The van der Waals surface area contributed by atoms with Crippen LogP contribution < -0.4 is 5.32 Å². The highest BCUT2D eigenvalue weighted by Crippen LogP contribution is 2.17. The molecule has 3 N–H and O–H groups in total. The smallest absolute Gasteiger partial charge is 0.220 e. The topological polar surface area (TPSA) is 69.6 Å². The second-order valence-electron chi connectivity index (χ2n) is 21.1. The first-order valence-electron chi connectivity index (χ1n) is 31.3. The van der Waals surface area contributed by atoms with Gasteiger partial charge in [-0.3, -0.25) is 4.79 Å². The summed E-state index contributed by atoms with van der Waals surface area (Å²) in [7, 11) is 0. The fourth-order valence-corrected chi connectivity index (χ4v) is 9.38. The van der Waals surface area contributed by atoms with Crippen molar-refractivity contribution in [3.8, 4) is 0 Å². The summed E-state index contributed by atoms with van der Waals surface area (Å²) in [6.07, 6.45) is 90.7. The van der Waals surface area contributed by atoms with Crippen molar-refractivity contribution in [3.05, 3.63) is 85.1 Å². The number of amides is 1. The summed E-state index contributed by atoms with van der Waals surface area (Å²) in [4.78, 5) is 12.5. The van der Waals surface area contributed by atoms with Gasteiger partial charge in [0.05, 0.1) is 18.8 Å². The molecule has 0 radical (unpaired) electrons. The van der Waals surface area contributed by atoms with Crippen LogP contribution in [0.25, 0.3) is 0 Å². The predicted octanol–water partition coefficient (Wildman–Crippen LogP) is 21.1. The van der Waals surface area contributed by atoms with Crippen LogP contribution in [0, 0.1) is 0 Å². The lowest BCUT2D eigenvalue weighted by atomic mass is 10.0. The maximum absolute atomic E-state index is 12.5. The summed E-state index contributed by atoms with van der Waals surface area (Å²) in [6, 6.07) is -0.652. The Morgan fingerprint density at radius 2 is 0.634 bits per heavy atom. The first kappa shape index (κ1) is 68.6. The number of unbranched alkanes of at least 4 members (excludes halogenated alkanes) is 38. The molecule has 0 saturated heterocycles. The minimum Gasteiger partial charge on any atom is -0.394 e. The molecule has 4 heteroatoms. The van der Waals surface area contributed by atoms with Crippen LogP contribution in [0.2, 0.25) is 0 Å². The Balaban J connectivity index is 3.54. The second-order valence-corrected chi connectivity index (χ2v) is 21.1. The lowest BCUT2D eigenvalue weighted by Crippen LogP contribution is -2.45. The third-order valence-corrected chi connectivity index (χ3v) is 14.1. The molecule has 4 nitrogen and oxygen atoms in total. The van der Waals surface area contributed by atoms with Gasteiger partial charge < -0.3 is 15.5 Å². The summed E-state index contributed by atoms with van der Waals surface area (Å²) >= 11 is 0. The van der Waals surface area contributed by atoms with Gasteiger partial charge in [0.1, 0.15) is 0 Å². The normalized spacial score (nSPS) is 13.4. The van der Waals surface area contributed by atoms with Crippen LogP contribution in [-0.2, 0) is 4.79 Å². The Hall–Kier alpha value is -2.43. The van der Waals surface area contributed by atoms with E-state index in [0.29, 0.717) is 6.42 Å². The predicted molar refractivity (Wildman–Crippen MR) is 317 cm³/mol. The molecule has 2 atom stereocenters. The number of aliphatic hydroxyl groups excluding tert-OH is 2. The van der Waals surface area contributed by atoms with Crippen molar-refractivity contribution in [1.29, 1.82) is 0 Å². The van der Waals surface area contributed by atoms with E-state index in [4.69, 9.17) is 0 Å². The van der Waals surface area contributed by atoms with Crippen molar-refractivity contribution in [1.82, 2.24) is 5.32 Å². The van der Waals surface area contributed by atoms with Crippen molar-refractivity contribution in [2.24, 2.45) is 0 Å². The Morgan fingerprint density at radius 3 is 0.986 bits per heavy atom. The van der Waals surface area contributed by atoms with E-state index < -0.39 is 12.1 Å². The number of carbonyl (C=O) groups is 1. The molecule has 0 bridgehead atoms. The van der Waals surface area contributed by atoms with Gasteiger partial charge in [0.15, 0.2) is 0 Å². The molecule has 0 aromatic heterocycles. The fraction of sp³-hybridized carbons (Fsp3) is 0.776. The van der Waals surface area contributed by atoms with Crippen molar-refractivity contribution < 1.29 is 15.0 Å². The molecule has 0 aliphatic heterocycles. The van der Waals surface area contributed by atoms with E-state index in [0.717, 1.165) is 64.2 Å². The van der Waals surface area contributed by atoms with E-state index in [9.17, 15) is 15.0 Å². The van der Waals surface area contributed by atoms with Crippen molar-refractivity contribution in [2.75, 3.05) is 6.61 Å². The van der Waals surface area contributed by atoms with Gasteiger partial charge in [-0.25, -0.2) is 0 Å². The molecule has 71 heavy (non-hydrogen) atoms. The molecular formula is C67H121NO3. The van der Waals surface area contributed by atoms with E-state index in [2.05, 4.69) is 92.1 Å². The molecule has 0 aromatic rings. The summed E-state index contributed by atoms with van der Waals surface area (Å²) in [5.41, 5.74) is 0. The van der Waals surface area contributed by atoms with Gasteiger partial charge in [-0.2, -0.15) is 0 Å². The highest BCUT2D eigenvalue weighted by molar-refractivity contribution is 5.76. The lowest BCUT2D eigenvalue weighted by molar-refractivity contribution is -0.123. The Kier molecular flexibility index (Phi) is 59.8. The van der Waals surface area contributed by atoms with Crippen molar-refractivity contribution >= 4 is 5.91 Å². The van der Waals surface area contributed by atoms with Crippen LogP contribution in [0.4, 0.5) is 0 Å². The van der Waals surface area contributed by atoms with E-state index in [1.54, 1.807) is 6.08 Å². The number of hydrogen-bond donors (Lipinski definition) is 3. The quantitative estimate of drug-likeness (QED) is 0.0420. The summed E-state index contributed by atoms with van der Waals surface area (Å²) in [6.45, 7) is 4.21. The number of nitrogens with one attached hydrogen (secondary N) is 1. The number of hydrogen-bond acceptors (Lipinski definition) is 3. The van der Waals surface area contributed by atoms with E-state index in [-0.39, 0.29) is 12.5 Å². The van der Waals surface area contributed by atoms with Crippen LogP contribution in [0.5, 0.6) is 0 Å².